The van der Waals surface area contributed by atoms with Crippen LogP contribution in [0.15, 0.2) is 58.8 Å². The maximum Gasteiger partial charge on any atom is 0.258 e. The predicted octanol–water partition coefficient (Wildman–Crippen LogP) is 5.99. The van der Waals surface area contributed by atoms with E-state index in [0.29, 0.717) is 27.4 Å². The topological polar surface area (TPSA) is 54.2 Å². The summed E-state index contributed by atoms with van der Waals surface area (Å²) in [4.78, 5) is 6.69. The molecular formula is C23H22ClFN4OS. The van der Waals surface area contributed by atoms with E-state index in [1.54, 1.807) is 12.1 Å². The van der Waals surface area contributed by atoms with Crippen molar-refractivity contribution in [3.05, 3.63) is 76.5 Å². The zero-order valence-corrected chi connectivity index (χ0v) is 18.8. The number of unbranched alkanes of at least 4 members (excludes halogenated alkanes) is 1. The van der Waals surface area contributed by atoms with Gasteiger partial charge < -0.3 is 14.7 Å². The van der Waals surface area contributed by atoms with E-state index < -0.39 is 0 Å². The quantitative estimate of drug-likeness (QED) is 0.459. The minimum Gasteiger partial charge on any atom is -0.351 e. The van der Waals surface area contributed by atoms with Crippen LogP contribution in [0.3, 0.4) is 0 Å². The van der Waals surface area contributed by atoms with Crippen LogP contribution < -0.4 is 5.32 Å². The van der Waals surface area contributed by atoms with E-state index >= 15 is 0 Å². The van der Waals surface area contributed by atoms with Gasteiger partial charge in [-0.15, -0.1) is 0 Å². The average molecular weight is 457 g/mol. The Hall–Kier alpha value is -2.77. The Morgan fingerprint density at radius 1 is 1.23 bits per heavy atom. The van der Waals surface area contributed by atoms with Crippen LogP contribution in [0.1, 0.15) is 44.2 Å². The third kappa shape index (κ3) is 4.48. The zero-order valence-electron chi connectivity index (χ0n) is 17.2. The molecule has 0 spiro atoms. The molecule has 4 rings (SSSR count). The molecule has 2 aromatic carbocycles. The Morgan fingerprint density at radius 2 is 2.00 bits per heavy atom. The van der Waals surface area contributed by atoms with Gasteiger partial charge in [-0.05, 0) is 67.5 Å². The number of benzene rings is 2. The summed E-state index contributed by atoms with van der Waals surface area (Å²) < 4.78 is 19.0. The van der Waals surface area contributed by atoms with Gasteiger partial charge in [0.05, 0.1) is 11.6 Å². The first-order chi connectivity index (χ1) is 15.0. The van der Waals surface area contributed by atoms with E-state index in [2.05, 4.69) is 27.3 Å². The highest BCUT2D eigenvalue weighted by molar-refractivity contribution is 7.80. The summed E-state index contributed by atoms with van der Waals surface area (Å²) in [5.41, 5.74) is 3.42. The highest BCUT2D eigenvalue weighted by Gasteiger charge is 2.33. The first-order valence-electron chi connectivity index (χ1n) is 10.1. The van der Waals surface area contributed by atoms with E-state index in [0.717, 1.165) is 36.2 Å². The molecule has 2 heterocycles. The van der Waals surface area contributed by atoms with Crippen LogP contribution in [0.5, 0.6) is 0 Å². The van der Waals surface area contributed by atoms with Crippen molar-refractivity contribution in [2.45, 2.75) is 32.7 Å². The van der Waals surface area contributed by atoms with Gasteiger partial charge >= 0.3 is 0 Å². The molecule has 1 atom stereocenters. The molecular weight excluding hydrogens is 435 g/mol. The molecule has 1 aliphatic rings. The lowest BCUT2D eigenvalue weighted by atomic mass is 9.94. The second-order valence-electron chi connectivity index (χ2n) is 7.37. The fraction of sp³-hybridized carbons (Fsp3) is 0.261. The molecule has 5 nitrogen and oxygen atoms in total. The lowest BCUT2D eigenvalue weighted by Crippen LogP contribution is -2.46. The van der Waals surface area contributed by atoms with Crippen molar-refractivity contribution < 1.29 is 8.91 Å². The van der Waals surface area contributed by atoms with Crippen LogP contribution in [0.4, 0.5) is 4.39 Å². The second kappa shape index (κ2) is 9.16. The van der Waals surface area contributed by atoms with Gasteiger partial charge in [0.1, 0.15) is 5.82 Å². The summed E-state index contributed by atoms with van der Waals surface area (Å²) in [5, 5.41) is 8.83. The van der Waals surface area contributed by atoms with E-state index in [9.17, 15) is 4.39 Å². The molecule has 3 aromatic rings. The Balaban J connectivity index is 1.80. The fourth-order valence-electron chi connectivity index (χ4n) is 3.63. The van der Waals surface area contributed by atoms with Gasteiger partial charge in [0, 0.05) is 22.8 Å². The summed E-state index contributed by atoms with van der Waals surface area (Å²) in [7, 11) is 0. The number of hydrogen-bond acceptors (Lipinski definition) is 4. The van der Waals surface area contributed by atoms with E-state index in [-0.39, 0.29) is 11.9 Å². The fourth-order valence-corrected chi connectivity index (χ4v) is 4.17. The van der Waals surface area contributed by atoms with Gasteiger partial charge in [0.15, 0.2) is 5.11 Å². The monoisotopic (exact) mass is 456 g/mol. The molecule has 0 radical (unpaired) electrons. The Morgan fingerprint density at radius 3 is 2.71 bits per heavy atom. The lowest BCUT2D eigenvalue weighted by Gasteiger charge is -2.37. The smallest absolute Gasteiger partial charge is 0.258 e. The van der Waals surface area contributed by atoms with Gasteiger partial charge in [-0.2, -0.15) is 4.98 Å². The Labute approximate surface area is 190 Å². The van der Waals surface area contributed by atoms with Crippen molar-refractivity contribution >= 4 is 34.5 Å². The highest BCUT2D eigenvalue weighted by Crippen LogP contribution is 2.38. The normalized spacial score (nSPS) is 16.6. The predicted molar refractivity (Wildman–Crippen MR) is 124 cm³/mol. The van der Waals surface area contributed by atoms with Crippen LogP contribution in [-0.4, -0.2) is 26.7 Å². The minimum atomic E-state index is -0.316. The van der Waals surface area contributed by atoms with Gasteiger partial charge in [0.2, 0.25) is 5.82 Å². The van der Waals surface area contributed by atoms with Crippen molar-refractivity contribution in [2.75, 3.05) is 6.54 Å². The Kier molecular flexibility index (Phi) is 6.34. The molecule has 1 N–H and O–H groups in total. The molecule has 0 aliphatic carbocycles. The minimum absolute atomic E-state index is 0.286. The average Bonchev–Trinajstić information content (AvgIpc) is 3.23. The molecule has 0 amide bonds. The van der Waals surface area contributed by atoms with Gasteiger partial charge in [-0.25, -0.2) is 4.39 Å². The highest BCUT2D eigenvalue weighted by atomic mass is 35.5. The summed E-state index contributed by atoms with van der Waals surface area (Å²) >= 11 is 11.9. The maximum absolute atomic E-state index is 13.3. The summed E-state index contributed by atoms with van der Waals surface area (Å²) in [6.45, 7) is 4.94. The molecule has 1 unspecified atom stereocenters. The van der Waals surface area contributed by atoms with E-state index in [1.807, 2.05) is 31.2 Å². The zero-order chi connectivity index (χ0) is 22.0. The molecule has 0 saturated carbocycles. The van der Waals surface area contributed by atoms with Gasteiger partial charge in [-0.3, -0.25) is 0 Å². The van der Waals surface area contributed by atoms with Crippen molar-refractivity contribution in [1.82, 2.24) is 20.4 Å². The van der Waals surface area contributed by atoms with Crippen molar-refractivity contribution in [3.63, 3.8) is 0 Å². The molecule has 0 bridgehead atoms. The number of allylic oxidation sites excluding steroid dienone is 1. The number of rotatable bonds is 6. The Bertz CT molecular complexity index is 1130. The first kappa shape index (κ1) is 21.5. The number of halogens is 2. The molecule has 0 fully saturated rings. The summed E-state index contributed by atoms with van der Waals surface area (Å²) in [5.74, 6) is 0.468. The lowest BCUT2D eigenvalue weighted by molar-refractivity contribution is 0.395. The largest absolute Gasteiger partial charge is 0.351 e. The molecule has 8 heteroatoms. The van der Waals surface area contributed by atoms with Gasteiger partial charge in [0.25, 0.3) is 5.89 Å². The molecule has 1 aromatic heterocycles. The first-order valence-corrected chi connectivity index (χ1v) is 10.9. The number of aromatic nitrogens is 2. The van der Waals surface area contributed by atoms with Crippen LogP contribution >= 0.6 is 23.8 Å². The van der Waals surface area contributed by atoms with Crippen LogP contribution in [0.2, 0.25) is 5.02 Å². The maximum atomic E-state index is 13.3. The van der Waals surface area contributed by atoms with Crippen molar-refractivity contribution in [1.29, 1.82) is 0 Å². The third-order valence-electron chi connectivity index (χ3n) is 5.27. The number of hydrogen-bond donors (Lipinski definition) is 1. The number of nitrogens with zero attached hydrogens (tertiary/aromatic N) is 3. The second-order valence-corrected chi connectivity index (χ2v) is 8.19. The van der Waals surface area contributed by atoms with Gasteiger partial charge in [-0.1, -0.05) is 42.2 Å². The van der Waals surface area contributed by atoms with Crippen molar-refractivity contribution in [2.24, 2.45) is 0 Å². The summed E-state index contributed by atoms with van der Waals surface area (Å²) in [6, 6.07) is 13.3. The van der Waals surface area contributed by atoms with E-state index in [4.69, 9.17) is 28.3 Å². The van der Waals surface area contributed by atoms with Crippen LogP contribution in [0.25, 0.3) is 17.0 Å². The molecule has 0 saturated heterocycles. The number of nitrogens with one attached hydrogen (secondary N) is 1. The SMILES string of the molecule is CCCCN1C(=S)NC(c2cccc(Cl)c2)C(c2nc(-c3ccc(F)cc3)no2)=C1C. The molecule has 31 heavy (non-hydrogen) atoms. The summed E-state index contributed by atoms with van der Waals surface area (Å²) in [6.07, 6.45) is 2.05. The standard InChI is InChI=1S/C23H22ClFN4OS/c1-3-4-12-29-14(2)19(20(26-23(29)31)16-6-5-7-17(24)13-16)22-27-21(28-30-22)15-8-10-18(25)11-9-15/h5-11,13,20H,3-4,12H2,1-2H3,(H,26,31). The van der Waals surface area contributed by atoms with Crippen LogP contribution in [-0.2, 0) is 0 Å². The van der Waals surface area contributed by atoms with Crippen LogP contribution in [0, 0.1) is 5.82 Å². The van der Waals surface area contributed by atoms with Crippen molar-refractivity contribution in [3.8, 4) is 11.4 Å². The number of thiocarbonyl (C=S) groups is 1. The molecule has 1 aliphatic heterocycles. The molecule has 160 valence electrons. The van der Waals surface area contributed by atoms with E-state index in [1.165, 1.54) is 12.1 Å². The third-order valence-corrected chi connectivity index (χ3v) is 5.85.